The third-order valence-corrected chi connectivity index (χ3v) is 5.68. The summed E-state index contributed by atoms with van der Waals surface area (Å²) in [5.74, 6) is 2.95. The van der Waals surface area contributed by atoms with Crippen LogP contribution in [0.1, 0.15) is 25.3 Å². The number of hydrogen-bond acceptors (Lipinski definition) is 5. The first-order chi connectivity index (χ1) is 15.1. The van der Waals surface area contributed by atoms with Crippen molar-refractivity contribution in [3.8, 4) is 17.2 Å². The predicted molar refractivity (Wildman–Crippen MR) is 139 cm³/mol. The lowest BCUT2D eigenvalue weighted by molar-refractivity contribution is 0.0531. The van der Waals surface area contributed by atoms with Crippen LogP contribution in [-0.2, 0) is 10.2 Å². The molecule has 0 bridgehead atoms. The van der Waals surface area contributed by atoms with Crippen LogP contribution < -0.4 is 24.8 Å². The van der Waals surface area contributed by atoms with Crippen molar-refractivity contribution in [2.45, 2.75) is 25.2 Å². The van der Waals surface area contributed by atoms with Crippen molar-refractivity contribution in [1.82, 2.24) is 5.32 Å². The van der Waals surface area contributed by atoms with Gasteiger partial charge in [-0.25, -0.2) is 0 Å². The van der Waals surface area contributed by atoms with Crippen LogP contribution in [0.4, 0.5) is 5.69 Å². The minimum Gasteiger partial charge on any atom is -0.497 e. The molecule has 2 aromatic carbocycles. The second-order valence-corrected chi connectivity index (χ2v) is 7.51. The lowest BCUT2D eigenvalue weighted by atomic mass is 9.74. The number of anilines is 1. The Balaban J connectivity index is 0.00000363. The van der Waals surface area contributed by atoms with Gasteiger partial charge in [0.1, 0.15) is 5.75 Å². The predicted octanol–water partition coefficient (Wildman–Crippen LogP) is 4.46. The molecule has 2 aromatic rings. The molecule has 3 rings (SSSR count). The van der Waals surface area contributed by atoms with Crippen LogP contribution in [0, 0.1) is 0 Å². The van der Waals surface area contributed by atoms with Gasteiger partial charge in [0.05, 0.1) is 27.9 Å². The number of guanidine groups is 1. The van der Waals surface area contributed by atoms with Gasteiger partial charge in [-0.2, -0.15) is 0 Å². The molecule has 1 fully saturated rings. The monoisotopic (exact) mass is 555 g/mol. The summed E-state index contributed by atoms with van der Waals surface area (Å²) in [6.07, 6.45) is 1.86. The van der Waals surface area contributed by atoms with E-state index in [1.807, 2.05) is 30.3 Å². The van der Waals surface area contributed by atoms with E-state index in [1.165, 1.54) is 5.56 Å². The highest BCUT2D eigenvalue weighted by molar-refractivity contribution is 14.0. The van der Waals surface area contributed by atoms with Gasteiger partial charge in [-0.3, -0.25) is 4.99 Å². The standard InChI is InChI=1S/C24H33N3O4.HI/c1-5-25-23(27-19-8-11-21(29-3)22(16-19)30-4)26-17-24(12-14-31-15-13-24)18-6-9-20(28-2)10-7-18;/h6-11,16H,5,12-15,17H2,1-4H3,(H2,25,26,27);1H. The molecule has 0 aliphatic carbocycles. The summed E-state index contributed by atoms with van der Waals surface area (Å²) >= 11 is 0. The Kier molecular flexibility index (Phi) is 10.4. The van der Waals surface area contributed by atoms with Crippen LogP contribution >= 0.6 is 24.0 Å². The molecule has 0 amide bonds. The molecule has 1 aliphatic rings. The van der Waals surface area contributed by atoms with Crippen molar-refractivity contribution in [1.29, 1.82) is 0 Å². The number of halogens is 1. The summed E-state index contributed by atoms with van der Waals surface area (Å²) in [5.41, 5.74) is 2.08. The highest BCUT2D eigenvalue weighted by atomic mass is 127. The maximum Gasteiger partial charge on any atom is 0.195 e. The highest BCUT2D eigenvalue weighted by Crippen LogP contribution is 2.36. The molecule has 0 spiro atoms. The van der Waals surface area contributed by atoms with E-state index in [1.54, 1.807) is 21.3 Å². The topological polar surface area (TPSA) is 73.3 Å². The van der Waals surface area contributed by atoms with Crippen LogP contribution in [0.3, 0.4) is 0 Å². The van der Waals surface area contributed by atoms with Gasteiger partial charge < -0.3 is 29.6 Å². The molecule has 1 heterocycles. The Bertz CT molecular complexity index is 868. The van der Waals surface area contributed by atoms with Crippen LogP contribution in [0.25, 0.3) is 0 Å². The molecule has 1 saturated heterocycles. The van der Waals surface area contributed by atoms with Crippen LogP contribution in [0.2, 0.25) is 0 Å². The summed E-state index contributed by atoms with van der Waals surface area (Å²) in [7, 11) is 4.94. The Morgan fingerprint density at radius 2 is 1.66 bits per heavy atom. The van der Waals surface area contributed by atoms with E-state index in [4.69, 9.17) is 23.9 Å². The van der Waals surface area contributed by atoms with E-state index in [0.29, 0.717) is 18.0 Å². The van der Waals surface area contributed by atoms with E-state index < -0.39 is 0 Å². The Labute approximate surface area is 207 Å². The van der Waals surface area contributed by atoms with Crippen molar-refractivity contribution in [3.63, 3.8) is 0 Å². The third kappa shape index (κ3) is 6.41. The summed E-state index contributed by atoms with van der Waals surface area (Å²) in [4.78, 5) is 4.96. The fourth-order valence-corrected chi connectivity index (χ4v) is 3.83. The SMILES string of the molecule is CCNC(=NCC1(c2ccc(OC)cc2)CCOCC1)Nc1ccc(OC)c(OC)c1.I. The van der Waals surface area contributed by atoms with Crippen molar-refractivity contribution in [2.24, 2.45) is 4.99 Å². The van der Waals surface area contributed by atoms with Crippen LogP contribution in [-0.4, -0.2) is 53.6 Å². The Morgan fingerprint density at radius 3 is 2.25 bits per heavy atom. The van der Waals surface area contributed by atoms with E-state index in [9.17, 15) is 0 Å². The van der Waals surface area contributed by atoms with Gasteiger partial charge in [0, 0.05) is 36.9 Å². The third-order valence-electron chi connectivity index (χ3n) is 5.68. The molecule has 1 aliphatic heterocycles. The lowest BCUT2D eigenvalue weighted by Crippen LogP contribution is -2.39. The summed E-state index contributed by atoms with van der Waals surface area (Å²) < 4.78 is 21.7. The van der Waals surface area contributed by atoms with Crippen molar-refractivity contribution in [2.75, 3.05) is 52.9 Å². The van der Waals surface area contributed by atoms with E-state index in [2.05, 4.69) is 29.7 Å². The number of aliphatic imine (C=N–C) groups is 1. The number of hydrogen-bond donors (Lipinski definition) is 2. The second kappa shape index (κ2) is 12.7. The van der Waals surface area contributed by atoms with Gasteiger partial charge in [-0.1, -0.05) is 12.1 Å². The molecular formula is C24H34IN3O4. The molecule has 0 radical (unpaired) electrons. The maximum atomic E-state index is 5.66. The van der Waals surface area contributed by atoms with Gasteiger partial charge >= 0.3 is 0 Å². The second-order valence-electron chi connectivity index (χ2n) is 7.51. The molecule has 0 atom stereocenters. The fourth-order valence-electron chi connectivity index (χ4n) is 3.83. The van der Waals surface area contributed by atoms with Crippen LogP contribution in [0.5, 0.6) is 17.2 Å². The molecule has 0 aromatic heterocycles. The van der Waals surface area contributed by atoms with Crippen molar-refractivity contribution in [3.05, 3.63) is 48.0 Å². The largest absolute Gasteiger partial charge is 0.497 e. The zero-order valence-electron chi connectivity index (χ0n) is 19.3. The van der Waals surface area contributed by atoms with E-state index in [0.717, 1.165) is 50.0 Å². The molecule has 7 nitrogen and oxygen atoms in total. The lowest BCUT2D eigenvalue weighted by Gasteiger charge is -2.36. The first kappa shape index (κ1) is 26.1. The fraction of sp³-hybridized carbons (Fsp3) is 0.458. The summed E-state index contributed by atoms with van der Waals surface area (Å²) in [6.45, 7) is 4.95. The van der Waals surface area contributed by atoms with E-state index in [-0.39, 0.29) is 29.4 Å². The number of methoxy groups -OCH3 is 3. The smallest absolute Gasteiger partial charge is 0.195 e. The van der Waals surface area contributed by atoms with Gasteiger partial charge in [0.2, 0.25) is 0 Å². The maximum absolute atomic E-state index is 5.66. The molecule has 0 unspecified atom stereocenters. The quantitative estimate of drug-likeness (QED) is 0.285. The molecule has 2 N–H and O–H groups in total. The van der Waals surface area contributed by atoms with Crippen molar-refractivity contribution < 1.29 is 18.9 Å². The number of ether oxygens (including phenoxy) is 4. The number of rotatable bonds is 8. The van der Waals surface area contributed by atoms with Gasteiger partial charge in [0.25, 0.3) is 0 Å². The molecule has 32 heavy (non-hydrogen) atoms. The number of nitrogens with zero attached hydrogens (tertiary/aromatic N) is 1. The number of benzene rings is 2. The average molecular weight is 555 g/mol. The first-order valence-corrected chi connectivity index (χ1v) is 10.6. The highest BCUT2D eigenvalue weighted by Gasteiger charge is 2.34. The van der Waals surface area contributed by atoms with Crippen molar-refractivity contribution >= 4 is 35.6 Å². The number of nitrogens with one attached hydrogen (secondary N) is 2. The normalized spacial score (nSPS) is 15.3. The molecular weight excluding hydrogens is 521 g/mol. The minimum absolute atomic E-state index is 0. The molecule has 0 saturated carbocycles. The molecule has 176 valence electrons. The molecule has 8 heteroatoms. The zero-order chi connectivity index (χ0) is 22.1. The first-order valence-electron chi connectivity index (χ1n) is 10.6. The van der Waals surface area contributed by atoms with Gasteiger partial charge in [-0.05, 0) is 49.6 Å². The van der Waals surface area contributed by atoms with Crippen LogP contribution in [0.15, 0.2) is 47.5 Å². The Hall–Kier alpha value is -2.20. The van der Waals surface area contributed by atoms with Gasteiger partial charge in [0.15, 0.2) is 17.5 Å². The van der Waals surface area contributed by atoms with Gasteiger partial charge in [-0.15, -0.1) is 24.0 Å². The van der Waals surface area contributed by atoms with E-state index >= 15 is 0 Å². The summed E-state index contributed by atoms with van der Waals surface area (Å²) in [6, 6.07) is 14.1. The minimum atomic E-state index is -0.0650. The Morgan fingerprint density at radius 1 is 0.969 bits per heavy atom. The average Bonchev–Trinajstić information content (AvgIpc) is 2.83. The summed E-state index contributed by atoms with van der Waals surface area (Å²) in [5, 5.41) is 6.72. The zero-order valence-corrected chi connectivity index (χ0v) is 21.6.